The minimum Gasteiger partial charge on any atom is -0.444 e. The van der Waals surface area contributed by atoms with E-state index in [0.717, 1.165) is 0 Å². The Balaban J connectivity index is 3.03. The van der Waals surface area contributed by atoms with Crippen LogP contribution in [0.4, 0.5) is 0 Å². The minimum atomic E-state index is -0.207. The highest BCUT2D eigenvalue weighted by Gasteiger charge is 1.99. The topological polar surface area (TPSA) is 68.9 Å². The lowest BCUT2D eigenvalue weighted by atomic mass is 10.4. The lowest BCUT2D eigenvalue weighted by Crippen LogP contribution is -2.02. The molecule has 0 amide bonds. The molecule has 0 bridgehead atoms. The van der Waals surface area contributed by atoms with E-state index in [1.54, 1.807) is 0 Å². The fourth-order valence-electron chi connectivity index (χ4n) is 0.752. The fourth-order valence-corrected chi connectivity index (χ4v) is 0.752. The Hall–Kier alpha value is -1.78. The van der Waals surface area contributed by atoms with Gasteiger partial charge in [-0.05, 0) is 0 Å². The summed E-state index contributed by atoms with van der Waals surface area (Å²) in [7, 11) is 0. The molecule has 5 heteroatoms. The second-order valence-electron chi connectivity index (χ2n) is 1.90. The second kappa shape index (κ2) is 2.12. The Kier molecular flexibility index (Phi) is 1.15. The van der Waals surface area contributed by atoms with Crippen LogP contribution in [-0.2, 0) is 0 Å². The van der Waals surface area contributed by atoms with Crippen molar-refractivity contribution in [2.45, 2.75) is 0 Å². The van der Waals surface area contributed by atoms with Crippen LogP contribution in [0.3, 0.4) is 0 Å². The number of nitrogens with zero attached hydrogens (tertiary/aromatic N) is 3. The van der Waals surface area contributed by atoms with Gasteiger partial charge in [0.25, 0.3) is 5.71 Å². The van der Waals surface area contributed by atoms with E-state index >= 15 is 0 Å². The predicted octanol–water partition coefficient (Wildman–Crippen LogP) is -0.0220. The van der Waals surface area contributed by atoms with E-state index in [2.05, 4.69) is 15.2 Å². The maximum Gasteiger partial charge on any atom is 0.268 e. The van der Waals surface area contributed by atoms with Crippen molar-refractivity contribution in [1.82, 2.24) is 15.2 Å². The molecular formula is C6H3N3O2. The van der Waals surface area contributed by atoms with Crippen molar-refractivity contribution in [3.05, 3.63) is 28.9 Å². The molecular weight excluding hydrogens is 146 g/mol. The quantitative estimate of drug-likeness (QED) is 0.526. The molecule has 2 rings (SSSR count). The molecule has 0 aromatic carbocycles. The molecule has 2 aromatic rings. The van der Waals surface area contributed by atoms with Gasteiger partial charge < -0.3 is 4.42 Å². The molecule has 2 heterocycles. The first-order valence-corrected chi connectivity index (χ1v) is 2.93. The SMILES string of the molecule is O=c1ccoc2nncnc12. The third kappa shape index (κ3) is 0.861. The largest absolute Gasteiger partial charge is 0.444 e. The van der Waals surface area contributed by atoms with E-state index < -0.39 is 0 Å². The van der Waals surface area contributed by atoms with Crippen molar-refractivity contribution in [3.63, 3.8) is 0 Å². The van der Waals surface area contributed by atoms with Crippen molar-refractivity contribution < 1.29 is 4.42 Å². The van der Waals surface area contributed by atoms with Crippen LogP contribution in [0.2, 0.25) is 0 Å². The van der Waals surface area contributed by atoms with E-state index in [0.29, 0.717) is 0 Å². The normalized spacial score (nSPS) is 10.2. The van der Waals surface area contributed by atoms with Gasteiger partial charge >= 0.3 is 0 Å². The Morgan fingerprint density at radius 2 is 2.36 bits per heavy atom. The molecule has 54 valence electrons. The number of hydrogen-bond donors (Lipinski definition) is 0. The van der Waals surface area contributed by atoms with Crippen LogP contribution < -0.4 is 5.43 Å². The molecule has 0 saturated heterocycles. The first kappa shape index (κ1) is 5.96. The van der Waals surface area contributed by atoms with Crippen molar-refractivity contribution in [2.24, 2.45) is 0 Å². The molecule has 0 N–H and O–H groups in total. The summed E-state index contributed by atoms with van der Waals surface area (Å²) in [6.07, 6.45) is 2.47. The molecule has 0 atom stereocenters. The van der Waals surface area contributed by atoms with Crippen LogP contribution in [0.1, 0.15) is 0 Å². The zero-order valence-electron chi connectivity index (χ0n) is 5.39. The summed E-state index contributed by atoms with van der Waals surface area (Å²) >= 11 is 0. The van der Waals surface area contributed by atoms with Crippen molar-refractivity contribution in [3.8, 4) is 0 Å². The van der Waals surface area contributed by atoms with Gasteiger partial charge in [-0.1, -0.05) is 0 Å². The van der Waals surface area contributed by atoms with Gasteiger partial charge in [0.1, 0.15) is 6.33 Å². The Bertz CT molecular complexity index is 432. The van der Waals surface area contributed by atoms with Crippen molar-refractivity contribution in [2.75, 3.05) is 0 Å². The molecule has 11 heavy (non-hydrogen) atoms. The summed E-state index contributed by atoms with van der Waals surface area (Å²) in [4.78, 5) is 14.7. The Morgan fingerprint density at radius 1 is 1.45 bits per heavy atom. The maximum absolute atomic E-state index is 11.0. The summed E-state index contributed by atoms with van der Waals surface area (Å²) in [6.45, 7) is 0. The lowest BCUT2D eigenvalue weighted by molar-refractivity contribution is 0.580. The third-order valence-electron chi connectivity index (χ3n) is 1.22. The summed E-state index contributed by atoms with van der Waals surface area (Å²) < 4.78 is 4.86. The van der Waals surface area contributed by atoms with E-state index in [1.807, 2.05) is 0 Å². The maximum atomic E-state index is 11.0. The van der Waals surface area contributed by atoms with Gasteiger partial charge in [-0.3, -0.25) is 4.79 Å². The van der Waals surface area contributed by atoms with Gasteiger partial charge in [-0.25, -0.2) is 4.98 Å². The zero-order chi connectivity index (χ0) is 7.68. The van der Waals surface area contributed by atoms with E-state index in [-0.39, 0.29) is 16.7 Å². The monoisotopic (exact) mass is 149 g/mol. The molecule has 0 aliphatic heterocycles. The predicted molar refractivity (Wildman–Crippen MR) is 35.9 cm³/mol. The van der Waals surface area contributed by atoms with Crippen LogP contribution in [0.5, 0.6) is 0 Å². The number of rotatable bonds is 0. The molecule has 0 radical (unpaired) electrons. The van der Waals surface area contributed by atoms with Crippen LogP contribution in [0.15, 0.2) is 27.9 Å². The zero-order valence-corrected chi connectivity index (χ0v) is 5.39. The summed E-state index contributed by atoms with van der Waals surface area (Å²) in [5.41, 5.74) is 0.170. The highest BCUT2D eigenvalue weighted by atomic mass is 16.3. The second-order valence-corrected chi connectivity index (χ2v) is 1.90. The molecule has 0 saturated carbocycles. The molecule has 0 unspecified atom stereocenters. The molecule has 0 fully saturated rings. The third-order valence-corrected chi connectivity index (χ3v) is 1.22. The van der Waals surface area contributed by atoms with Gasteiger partial charge in [0.15, 0.2) is 5.52 Å². The fraction of sp³-hybridized carbons (Fsp3) is 0. The number of hydrogen-bond acceptors (Lipinski definition) is 5. The summed E-state index contributed by atoms with van der Waals surface area (Å²) in [5.74, 6) is 0. The van der Waals surface area contributed by atoms with Gasteiger partial charge in [0, 0.05) is 6.07 Å². The molecule has 5 nitrogen and oxygen atoms in total. The van der Waals surface area contributed by atoms with Gasteiger partial charge in [0.05, 0.1) is 6.26 Å². The van der Waals surface area contributed by atoms with E-state index in [9.17, 15) is 4.79 Å². The summed E-state index contributed by atoms with van der Waals surface area (Å²) in [6, 6.07) is 1.29. The summed E-state index contributed by atoms with van der Waals surface area (Å²) in [5, 5.41) is 7.02. The molecule has 0 spiro atoms. The standard InChI is InChI=1S/C6H3N3O2/c10-4-1-2-11-6-5(4)7-3-8-9-6/h1-3H. The molecule has 0 aliphatic rings. The highest BCUT2D eigenvalue weighted by Crippen LogP contribution is 1.97. The number of fused-ring (bicyclic) bond motifs is 1. The van der Waals surface area contributed by atoms with Crippen LogP contribution >= 0.6 is 0 Å². The smallest absolute Gasteiger partial charge is 0.268 e. The first-order chi connectivity index (χ1) is 5.38. The van der Waals surface area contributed by atoms with Crippen molar-refractivity contribution in [1.29, 1.82) is 0 Å². The highest BCUT2D eigenvalue weighted by molar-refractivity contribution is 5.64. The Labute approximate surface area is 60.7 Å². The van der Waals surface area contributed by atoms with E-state index in [4.69, 9.17) is 4.42 Å². The molecule has 0 aliphatic carbocycles. The van der Waals surface area contributed by atoms with Gasteiger partial charge in [0.2, 0.25) is 5.43 Å². The van der Waals surface area contributed by atoms with Crippen LogP contribution in [-0.4, -0.2) is 15.2 Å². The van der Waals surface area contributed by atoms with Crippen LogP contribution in [0.25, 0.3) is 11.2 Å². The average Bonchev–Trinajstić information content (AvgIpc) is 2.06. The van der Waals surface area contributed by atoms with Crippen LogP contribution in [0, 0.1) is 0 Å². The molecule has 2 aromatic heterocycles. The van der Waals surface area contributed by atoms with E-state index in [1.165, 1.54) is 18.7 Å². The minimum absolute atomic E-state index is 0.167. The van der Waals surface area contributed by atoms with Gasteiger partial charge in [-0.2, -0.15) is 0 Å². The van der Waals surface area contributed by atoms with Gasteiger partial charge in [-0.15, -0.1) is 10.2 Å². The lowest BCUT2D eigenvalue weighted by Gasteiger charge is -1.88. The first-order valence-electron chi connectivity index (χ1n) is 2.93. The number of aromatic nitrogens is 3. The Morgan fingerprint density at radius 3 is 3.18 bits per heavy atom. The van der Waals surface area contributed by atoms with Crippen molar-refractivity contribution >= 4 is 11.2 Å². The average molecular weight is 149 g/mol.